The van der Waals surface area contributed by atoms with Gasteiger partial charge in [0.25, 0.3) is 5.91 Å². The quantitative estimate of drug-likeness (QED) is 0.217. The molecule has 1 aromatic carbocycles. The average Bonchev–Trinajstić information content (AvgIpc) is 3.40. The van der Waals surface area contributed by atoms with E-state index in [1.54, 1.807) is 42.7 Å². The van der Waals surface area contributed by atoms with Crippen LogP contribution < -0.4 is 16.4 Å². The first-order chi connectivity index (χ1) is 18.1. The number of amides is 1. The van der Waals surface area contributed by atoms with Crippen LogP contribution in [0.3, 0.4) is 0 Å². The number of nitrogens with two attached hydrogens (primary N) is 1. The van der Waals surface area contributed by atoms with Gasteiger partial charge in [0.1, 0.15) is 18.3 Å². The van der Waals surface area contributed by atoms with Crippen LogP contribution in [0.4, 0.5) is 5.95 Å². The van der Waals surface area contributed by atoms with Crippen LogP contribution in [0.5, 0.6) is 0 Å². The lowest BCUT2D eigenvalue weighted by molar-refractivity contribution is -0.146. The van der Waals surface area contributed by atoms with Crippen molar-refractivity contribution in [3.05, 3.63) is 64.6 Å². The SMILES string of the molecule is CC[C@H](COC(=O)[C@@H](N)C(C)C)Nc1ncc(C)c(-c2c[nH]c(C(=O)N[C@H](CO)c3cccc(Cl)c3)c2)n1. The van der Waals surface area contributed by atoms with Crippen LogP contribution in [0.2, 0.25) is 5.02 Å². The average molecular weight is 543 g/mol. The van der Waals surface area contributed by atoms with Crippen LogP contribution in [0.25, 0.3) is 11.3 Å². The lowest BCUT2D eigenvalue weighted by Gasteiger charge is -2.20. The number of aryl methyl sites for hydroxylation is 1. The summed E-state index contributed by atoms with van der Waals surface area (Å²) in [6, 6.07) is 7.17. The molecule has 0 unspecified atom stereocenters. The van der Waals surface area contributed by atoms with Crippen LogP contribution in [0.1, 0.15) is 54.8 Å². The van der Waals surface area contributed by atoms with E-state index in [9.17, 15) is 14.7 Å². The number of halogens is 1. The van der Waals surface area contributed by atoms with Gasteiger partial charge in [-0.3, -0.25) is 9.59 Å². The molecule has 0 radical (unpaired) electrons. The molecule has 0 fully saturated rings. The summed E-state index contributed by atoms with van der Waals surface area (Å²) in [5.74, 6) is -0.469. The Balaban J connectivity index is 1.70. The zero-order valence-corrected chi connectivity index (χ0v) is 22.7. The fraction of sp³-hybridized carbons (Fsp3) is 0.407. The number of aromatic nitrogens is 3. The maximum atomic E-state index is 12.9. The second-order valence-electron chi connectivity index (χ2n) is 9.44. The highest BCUT2D eigenvalue weighted by molar-refractivity contribution is 6.30. The van der Waals surface area contributed by atoms with E-state index in [-0.39, 0.29) is 31.1 Å². The van der Waals surface area contributed by atoms with E-state index in [1.165, 1.54) is 0 Å². The molecule has 3 atom stereocenters. The predicted octanol–water partition coefficient (Wildman–Crippen LogP) is 3.61. The van der Waals surface area contributed by atoms with E-state index in [0.717, 1.165) is 5.56 Å². The first kappa shape index (κ1) is 29.1. The van der Waals surface area contributed by atoms with Gasteiger partial charge in [0.15, 0.2) is 0 Å². The number of carbonyl (C=O) groups is 2. The van der Waals surface area contributed by atoms with Gasteiger partial charge < -0.3 is 31.2 Å². The zero-order valence-electron chi connectivity index (χ0n) is 22.0. The van der Waals surface area contributed by atoms with Crippen molar-refractivity contribution in [3.63, 3.8) is 0 Å². The molecule has 3 aromatic rings. The minimum Gasteiger partial charge on any atom is -0.462 e. The first-order valence-corrected chi connectivity index (χ1v) is 12.9. The van der Waals surface area contributed by atoms with Crippen LogP contribution >= 0.6 is 11.6 Å². The van der Waals surface area contributed by atoms with E-state index in [2.05, 4.69) is 25.6 Å². The number of carbonyl (C=O) groups excluding carboxylic acids is 2. The summed E-state index contributed by atoms with van der Waals surface area (Å²) in [5, 5.41) is 16.3. The molecule has 0 bridgehead atoms. The number of ether oxygens (including phenoxy) is 1. The van der Waals surface area contributed by atoms with Gasteiger partial charge in [-0.25, -0.2) is 9.97 Å². The van der Waals surface area contributed by atoms with E-state index in [0.29, 0.717) is 39.9 Å². The Morgan fingerprint density at radius 2 is 2.03 bits per heavy atom. The van der Waals surface area contributed by atoms with Gasteiger partial charge in [-0.1, -0.05) is 44.5 Å². The Hall–Kier alpha value is -3.47. The molecule has 1 amide bonds. The number of hydrogen-bond donors (Lipinski definition) is 5. The third-order valence-electron chi connectivity index (χ3n) is 6.15. The summed E-state index contributed by atoms with van der Waals surface area (Å²) in [5.41, 5.74) is 9.03. The second-order valence-corrected chi connectivity index (χ2v) is 9.88. The maximum Gasteiger partial charge on any atom is 0.323 e. The standard InChI is InChI=1S/C27H35ClN6O4/c1-5-20(14-38-26(37)23(29)15(2)3)32-27-31-11-16(4)24(34-27)18-10-21(30-12-18)25(36)33-22(13-35)17-7-6-8-19(28)9-17/h6-12,15,20,22-23,30,35H,5,13-14,29H2,1-4H3,(H,33,36)(H,31,32,34)/t20-,22-,23+/m1/s1. The number of esters is 1. The van der Waals surface area contributed by atoms with Crippen molar-refractivity contribution in [2.75, 3.05) is 18.5 Å². The highest BCUT2D eigenvalue weighted by Crippen LogP contribution is 2.24. The van der Waals surface area contributed by atoms with E-state index in [4.69, 9.17) is 22.1 Å². The largest absolute Gasteiger partial charge is 0.462 e. The Kier molecular flexibility index (Phi) is 10.2. The fourth-order valence-electron chi connectivity index (χ4n) is 3.65. The number of H-pyrrole nitrogens is 1. The Bertz CT molecular complexity index is 1250. The van der Waals surface area contributed by atoms with Crippen LogP contribution in [-0.4, -0.2) is 57.2 Å². The highest BCUT2D eigenvalue weighted by atomic mass is 35.5. The summed E-state index contributed by atoms with van der Waals surface area (Å²) in [4.78, 5) is 37.0. The number of nitrogens with zero attached hydrogens (tertiary/aromatic N) is 2. The summed E-state index contributed by atoms with van der Waals surface area (Å²) in [7, 11) is 0. The van der Waals surface area contributed by atoms with Crippen molar-refractivity contribution in [3.8, 4) is 11.3 Å². The van der Waals surface area contributed by atoms with Crippen molar-refractivity contribution in [1.82, 2.24) is 20.3 Å². The number of aliphatic hydroxyl groups is 1. The minimum absolute atomic E-state index is 0.0155. The molecule has 3 rings (SSSR count). The van der Waals surface area contributed by atoms with E-state index < -0.39 is 18.1 Å². The third kappa shape index (κ3) is 7.53. The van der Waals surface area contributed by atoms with Gasteiger partial charge in [-0.2, -0.15) is 0 Å². The molecule has 0 saturated heterocycles. The van der Waals surface area contributed by atoms with Crippen molar-refractivity contribution in [2.24, 2.45) is 11.7 Å². The lowest BCUT2D eigenvalue weighted by Crippen LogP contribution is -2.39. The van der Waals surface area contributed by atoms with Crippen molar-refractivity contribution in [1.29, 1.82) is 0 Å². The number of aromatic amines is 1. The normalized spacial score (nSPS) is 13.6. The summed E-state index contributed by atoms with van der Waals surface area (Å²) in [6.07, 6.45) is 4.05. The molecule has 2 aromatic heterocycles. The van der Waals surface area contributed by atoms with E-state index >= 15 is 0 Å². The molecule has 2 heterocycles. The van der Waals surface area contributed by atoms with Crippen molar-refractivity contribution < 1.29 is 19.4 Å². The Morgan fingerprint density at radius 1 is 1.26 bits per heavy atom. The van der Waals surface area contributed by atoms with E-state index in [1.807, 2.05) is 27.7 Å². The molecule has 0 saturated carbocycles. The van der Waals surface area contributed by atoms with Gasteiger partial charge in [-0.05, 0) is 48.6 Å². The molecule has 38 heavy (non-hydrogen) atoms. The molecule has 10 nitrogen and oxygen atoms in total. The minimum atomic E-state index is -0.673. The molecule has 11 heteroatoms. The molecule has 204 valence electrons. The number of hydrogen-bond acceptors (Lipinski definition) is 8. The Labute approximate surface area is 227 Å². The number of nitrogens with one attached hydrogen (secondary N) is 3. The summed E-state index contributed by atoms with van der Waals surface area (Å²) in [6.45, 7) is 7.42. The van der Waals surface area contributed by atoms with Crippen molar-refractivity contribution in [2.45, 2.75) is 52.2 Å². The number of aliphatic hydroxyl groups excluding tert-OH is 1. The van der Waals surface area contributed by atoms with Gasteiger partial charge in [0, 0.05) is 23.0 Å². The number of rotatable bonds is 12. The zero-order chi connectivity index (χ0) is 27.8. The Morgan fingerprint density at radius 3 is 2.68 bits per heavy atom. The van der Waals surface area contributed by atoms with Gasteiger partial charge in [-0.15, -0.1) is 0 Å². The molecular weight excluding hydrogens is 508 g/mol. The van der Waals surface area contributed by atoms with Gasteiger partial charge in [0.2, 0.25) is 5.95 Å². The maximum absolute atomic E-state index is 12.9. The van der Waals surface area contributed by atoms with Gasteiger partial charge in [0.05, 0.1) is 24.4 Å². The van der Waals surface area contributed by atoms with Crippen LogP contribution in [0.15, 0.2) is 42.7 Å². The fourth-order valence-corrected chi connectivity index (χ4v) is 3.85. The monoisotopic (exact) mass is 542 g/mol. The third-order valence-corrected chi connectivity index (χ3v) is 6.39. The number of anilines is 1. The van der Waals surface area contributed by atoms with Gasteiger partial charge >= 0.3 is 5.97 Å². The highest BCUT2D eigenvalue weighted by Gasteiger charge is 2.21. The van der Waals surface area contributed by atoms with Crippen LogP contribution in [-0.2, 0) is 9.53 Å². The predicted molar refractivity (Wildman–Crippen MR) is 147 cm³/mol. The topological polar surface area (TPSA) is 155 Å². The molecule has 0 aliphatic rings. The van der Waals surface area contributed by atoms with Crippen LogP contribution in [0, 0.1) is 12.8 Å². The number of benzene rings is 1. The molecular formula is C27H35ClN6O4. The first-order valence-electron chi connectivity index (χ1n) is 12.5. The summed E-state index contributed by atoms with van der Waals surface area (Å²) < 4.78 is 5.38. The molecule has 0 aliphatic heterocycles. The molecule has 0 aliphatic carbocycles. The van der Waals surface area contributed by atoms with Crippen molar-refractivity contribution >= 4 is 29.4 Å². The second kappa shape index (κ2) is 13.4. The lowest BCUT2D eigenvalue weighted by atomic mass is 10.1. The summed E-state index contributed by atoms with van der Waals surface area (Å²) >= 11 is 6.05. The smallest absolute Gasteiger partial charge is 0.323 e. The molecule has 0 spiro atoms. The molecule has 6 N–H and O–H groups in total.